The first kappa shape index (κ1) is 13.5. The second kappa shape index (κ2) is 7.65. The molecule has 0 aliphatic carbocycles. The minimum absolute atomic E-state index is 0.385. The van der Waals surface area contributed by atoms with Crippen LogP contribution in [0.25, 0.3) is 0 Å². The lowest BCUT2D eigenvalue weighted by Crippen LogP contribution is -2.18. The largest absolute Gasteiger partial charge is 0.390 e. The molecule has 0 spiro atoms. The van der Waals surface area contributed by atoms with Gasteiger partial charge >= 0.3 is 0 Å². The monoisotopic (exact) mass is 245 g/mol. The highest BCUT2D eigenvalue weighted by Crippen LogP contribution is 2.13. The standard InChI is InChI=1S/C10H19N3O2S/c1-3-4-5-15-6-9(14)7-16-10-11-8(2)12-13-10/h9,14H,3-7H2,1-2H3,(H,11,12,13). The maximum absolute atomic E-state index is 9.61. The summed E-state index contributed by atoms with van der Waals surface area (Å²) in [6, 6.07) is 0. The molecule has 1 aromatic rings. The van der Waals surface area contributed by atoms with Crippen LogP contribution in [0.1, 0.15) is 25.6 Å². The molecule has 0 aliphatic heterocycles. The Labute approximate surface area is 100.0 Å². The van der Waals surface area contributed by atoms with Crippen molar-refractivity contribution < 1.29 is 9.84 Å². The van der Waals surface area contributed by atoms with Gasteiger partial charge in [0.25, 0.3) is 0 Å². The number of thioether (sulfide) groups is 1. The molecule has 6 heteroatoms. The molecule has 0 saturated carbocycles. The van der Waals surface area contributed by atoms with E-state index in [1.54, 1.807) is 0 Å². The van der Waals surface area contributed by atoms with E-state index in [2.05, 4.69) is 22.1 Å². The van der Waals surface area contributed by atoms with Crippen molar-refractivity contribution in [1.29, 1.82) is 0 Å². The zero-order chi connectivity index (χ0) is 11.8. The Balaban J connectivity index is 2.08. The summed E-state index contributed by atoms with van der Waals surface area (Å²) in [4.78, 5) is 4.14. The maximum atomic E-state index is 9.61. The maximum Gasteiger partial charge on any atom is 0.208 e. The molecule has 16 heavy (non-hydrogen) atoms. The molecule has 0 aliphatic rings. The zero-order valence-electron chi connectivity index (χ0n) is 9.77. The molecule has 0 bridgehead atoms. The zero-order valence-corrected chi connectivity index (χ0v) is 10.6. The van der Waals surface area contributed by atoms with Crippen LogP contribution in [0.2, 0.25) is 0 Å². The second-order valence-corrected chi connectivity index (χ2v) is 4.58. The van der Waals surface area contributed by atoms with Crippen LogP contribution < -0.4 is 0 Å². The molecule has 0 radical (unpaired) electrons. The summed E-state index contributed by atoms with van der Waals surface area (Å²) < 4.78 is 5.32. The molecule has 92 valence electrons. The van der Waals surface area contributed by atoms with Crippen LogP contribution >= 0.6 is 11.8 Å². The van der Waals surface area contributed by atoms with Gasteiger partial charge < -0.3 is 9.84 Å². The summed E-state index contributed by atoms with van der Waals surface area (Å²) in [7, 11) is 0. The molecule has 0 aromatic carbocycles. The Morgan fingerprint density at radius 3 is 3.00 bits per heavy atom. The average molecular weight is 245 g/mol. The topological polar surface area (TPSA) is 71.0 Å². The van der Waals surface area contributed by atoms with E-state index in [0.29, 0.717) is 17.5 Å². The third kappa shape index (κ3) is 5.48. The van der Waals surface area contributed by atoms with Crippen LogP contribution in [0.15, 0.2) is 5.16 Å². The summed E-state index contributed by atoms with van der Waals surface area (Å²) in [6.45, 7) is 5.07. The number of nitrogens with zero attached hydrogens (tertiary/aromatic N) is 2. The Bertz CT molecular complexity index is 293. The van der Waals surface area contributed by atoms with Gasteiger partial charge in [0.1, 0.15) is 5.82 Å². The van der Waals surface area contributed by atoms with Gasteiger partial charge in [0.15, 0.2) is 0 Å². The highest BCUT2D eigenvalue weighted by molar-refractivity contribution is 7.99. The van der Waals surface area contributed by atoms with E-state index >= 15 is 0 Å². The molecule has 0 saturated heterocycles. The molecule has 1 atom stereocenters. The van der Waals surface area contributed by atoms with Crippen LogP contribution in [0.3, 0.4) is 0 Å². The first-order chi connectivity index (χ1) is 7.72. The number of nitrogens with one attached hydrogen (secondary N) is 1. The van der Waals surface area contributed by atoms with Crippen molar-refractivity contribution in [3.05, 3.63) is 5.82 Å². The fourth-order valence-electron chi connectivity index (χ4n) is 1.07. The smallest absolute Gasteiger partial charge is 0.208 e. The predicted octanol–water partition coefficient (Wildman–Crippen LogP) is 1.38. The minimum Gasteiger partial charge on any atom is -0.390 e. The number of ether oxygens (including phenoxy) is 1. The van der Waals surface area contributed by atoms with Crippen molar-refractivity contribution >= 4 is 11.8 Å². The predicted molar refractivity (Wildman–Crippen MR) is 63.6 cm³/mol. The lowest BCUT2D eigenvalue weighted by Gasteiger charge is -2.09. The van der Waals surface area contributed by atoms with Gasteiger partial charge in [-0.2, -0.15) is 0 Å². The van der Waals surface area contributed by atoms with Crippen LogP contribution in [0.4, 0.5) is 0 Å². The third-order valence-corrected chi connectivity index (χ3v) is 2.93. The highest BCUT2D eigenvalue weighted by Gasteiger charge is 2.07. The molecule has 2 N–H and O–H groups in total. The highest BCUT2D eigenvalue weighted by atomic mass is 32.2. The molecular formula is C10H19N3O2S. The van der Waals surface area contributed by atoms with Crippen LogP contribution in [-0.2, 0) is 4.74 Å². The van der Waals surface area contributed by atoms with Crippen molar-refractivity contribution in [2.75, 3.05) is 19.0 Å². The summed E-state index contributed by atoms with van der Waals surface area (Å²) in [5.41, 5.74) is 0. The van der Waals surface area contributed by atoms with Gasteiger partial charge in [-0.15, -0.1) is 5.10 Å². The van der Waals surface area contributed by atoms with E-state index in [1.165, 1.54) is 11.8 Å². The lowest BCUT2D eigenvalue weighted by atomic mass is 10.3. The Hall–Kier alpha value is -0.590. The Kier molecular flexibility index (Phi) is 6.44. The van der Waals surface area contributed by atoms with E-state index in [-0.39, 0.29) is 0 Å². The molecule has 0 amide bonds. The number of aryl methyl sites for hydroxylation is 1. The molecule has 1 unspecified atom stereocenters. The van der Waals surface area contributed by atoms with E-state index in [4.69, 9.17) is 4.74 Å². The molecule has 0 fully saturated rings. The number of hydrogen-bond donors (Lipinski definition) is 2. The number of aromatic amines is 1. The van der Waals surface area contributed by atoms with Crippen molar-refractivity contribution in [2.45, 2.75) is 37.9 Å². The summed E-state index contributed by atoms with van der Waals surface area (Å²) in [5.74, 6) is 1.35. The normalized spacial score (nSPS) is 12.9. The van der Waals surface area contributed by atoms with Gasteiger partial charge in [-0.25, -0.2) is 4.98 Å². The van der Waals surface area contributed by atoms with Crippen molar-refractivity contribution in [1.82, 2.24) is 15.2 Å². The number of aromatic nitrogens is 3. The summed E-state index contributed by atoms with van der Waals surface area (Å²) >= 11 is 1.43. The van der Waals surface area contributed by atoms with Gasteiger partial charge in [-0.05, 0) is 13.3 Å². The van der Waals surface area contributed by atoms with Gasteiger partial charge in [-0.1, -0.05) is 25.1 Å². The number of unbranched alkanes of at least 4 members (excludes halogenated alkanes) is 1. The molecule has 5 nitrogen and oxygen atoms in total. The van der Waals surface area contributed by atoms with Gasteiger partial charge in [-0.3, -0.25) is 5.10 Å². The van der Waals surface area contributed by atoms with Crippen LogP contribution in [0, 0.1) is 6.92 Å². The summed E-state index contributed by atoms with van der Waals surface area (Å²) in [6.07, 6.45) is 1.70. The first-order valence-corrected chi connectivity index (χ1v) is 6.48. The fourth-order valence-corrected chi connectivity index (χ4v) is 1.82. The van der Waals surface area contributed by atoms with E-state index in [9.17, 15) is 5.11 Å². The quantitative estimate of drug-likeness (QED) is 0.535. The van der Waals surface area contributed by atoms with Crippen molar-refractivity contribution in [2.24, 2.45) is 0 Å². The Morgan fingerprint density at radius 1 is 1.56 bits per heavy atom. The van der Waals surface area contributed by atoms with Crippen LogP contribution in [-0.4, -0.2) is 45.4 Å². The van der Waals surface area contributed by atoms with Gasteiger partial charge in [0.05, 0.1) is 12.7 Å². The molecular weight excluding hydrogens is 226 g/mol. The molecule has 1 rings (SSSR count). The first-order valence-electron chi connectivity index (χ1n) is 5.50. The van der Waals surface area contributed by atoms with Crippen molar-refractivity contribution in [3.63, 3.8) is 0 Å². The van der Waals surface area contributed by atoms with E-state index < -0.39 is 6.10 Å². The van der Waals surface area contributed by atoms with Gasteiger partial charge in [0.2, 0.25) is 5.16 Å². The number of aliphatic hydroxyl groups excluding tert-OH is 1. The summed E-state index contributed by atoms with van der Waals surface area (Å²) in [5, 5.41) is 17.0. The van der Waals surface area contributed by atoms with E-state index in [1.807, 2.05) is 6.92 Å². The number of aliphatic hydroxyl groups is 1. The number of H-pyrrole nitrogens is 1. The Morgan fingerprint density at radius 2 is 2.38 bits per heavy atom. The SMILES string of the molecule is CCCCOCC(O)CSc1n[nH]c(C)n1. The van der Waals surface area contributed by atoms with E-state index in [0.717, 1.165) is 25.3 Å². The number of rotatable bonds is 8. The number of hydrogen-bond acceptors (Lipinski definition) is 5. The van der Waals surface area contributed by atoms with Gasteiger partial charge in [0, 0.05) is 12.4 Å². The molecule has 1 heterocycles. The second-order valence-electron chi connectivity index (χ2n) is 3.60. The molecule has 1 aromatic heterocycles. The average Bonchev–Trinajstić information content (AvgIpc) is 2.68. The lowest BCUT2D eigenvalue weighted by molar-refractivity contribution is 0.0473. The van der Waals surface area contributed by atoms with Crippen molar-refractivity contribution in [3.8, 4) is 0 Å². The third-order valence-electron chi connectivity index (χ3n) is 1.93. The van der Waals surface area contributed by atoms with Crippen LogP contribution in [0.5, 0.6) is 0 Å². The fraction of sp³-hybridized carbons (Fsp3) is 0.800. The minimum atomic E-state index is -0.458.